The standard InChI is InChI=1S/C14H14N4/c15-14(16)18-17-12-8-7-10-4-1-3-9-5-2-6-11(12)13(9)10/h1-6,8,17H,7H2,(H4,15,16,18). The van der Waals surface area contributed by atoms with Crippen LogP contribution in [0.25, 0.3) is 16.5 Å². The molecule has 3 rings (SSSR count). The lowest BCUT2D eigenvalue weighted by Gasteiger charge is -2.18. The van der Waals surface area contributed by atoms with Gasteiger partial charge in [0.1, 0.15) is 0 Å². The van der Waals surface area contributed by atoms with Crippen molar-refractivity contribution in [2.75, 3.05) is 0 Å². The van der Waals surface area contributed by atoms with Crippen molar-refractivity contribution in [3.8, 4) is 0 Å². The SMILES string of the molecule is NC(N)=NNC1=CCc2cccc3cccc1c23. The lowest BCUT2D eigenvalue weighted by Crippen LogP contribution is -2.26. The van der Waals surface area contributed by atoms with Crippen molar-refractivity contribution in [3.05, 3.63) is 53.6 Å². The van der Waals surface area contributed by atoms with Gasteiger partial charge in [0.05, 0.1) is 5.70 Å². The molecule has 18 heavy (non-hydrogen) atoms. The van der Waals surface area contributed by atoms with Gasteiger partial charge in [-0.05, 0) is 22.8 Å². The van der Waals surface area contributed by atoms with Crippen LogP contribution in [0, 0.1) is 0 Å². The van der Waals surface area contributed by atoms with Crippen molar-refractivity contribution < 1.29 is 0 Å². The van der Waals surface area contributed by atoms with Crippen molar-refractivity contribution in [3.63, 3.8) is 0 Å². The highest BCUT2D eigenvalue weighted by Gasteiger charge is 2.13. The summed E-state index contributed by atoms with van der Waals surface area (Å²) in [6.45, 7) is 0. The Morgan fingerprint density at radius 3 is 2.67 bits per heavy atom. The first kappa shape index (κ1) is 10.7. The molecule has 1 aliphatic carbocycles. The van der Waals surface area contributed by atoms with E-state index in [0.717, 1.165) is 17.7 Å². The molecule has 0 aromatic heterocycles. The smallest absolute Gasteiger partial charge is 0.208 e. The van der Waals surface area contributed by atoms with Crippen LogP contribution in [0.5, 0.6) is 0 Å². The molecule has 0 atom stereocenters. The minimum absolute atomic E-state index is 0.0296. The first-order valence-electron chi connectivity index (χ1n) is 5.81. The van der Waals surface area contributed by atoms with Crippen LogP contribution in [0.3, 0.4) is 0 Å². The molecule has 0 unspecified atom stereocenters. The number of hydrogen-bond donors (Lipinski definition) is 3. The molecule has 0 spiro atoms. The molecule has 4 heteroatoms. The predicted octanol–water partition coefficient (Wildman–Crippen LogP) is 1.51. The second-order valence-corrected chi connectivity index (χ2v) is 4.29. The number of guanidine groups is 1. The van der Waals surface area contributed by atoms with E-state index < -0.39 is 0 Å². The molecule has 1 aliphatic rings. The second kappa shape index (κ2) is 4.07. The number of hydrogen-bond acceptors (Lipinski definition) is 2. The van der Waals surface area contributed by atoms with Gasteiger partial charge in [-0.15, -0.1) is 5.10 Å². The molecule has 5 N–H and O–H groups in total. The van der Waals surface area contributed by atoms with Crippen LogP contribution in [0.2, 0.25) is 0 Å². The van der Waals surface area contributed by atoms with Gasteiger partial charge in [0, 0.05) is 5.56 Å². The van der Waals surface area contributed by atoms with Crippen molar-refractivity contribution in [2.24, 2.45) is 16.6 Å². The number of hydrazone groups is 1. The molecule has 0 bridgehead atoms. The highest BCUT2D eigenvalue weighted by Crippen LogP contribution is 2.31. The summed E-state index contributed by atoms with van der Waals surface area (Å²) in [5.74, 6) is 0.0296. The molecule has 0 saturated carbocycles. The summed E-state index contributed by atoms with van der Waals surface area (Å²) in [4.78, 5) is 0. The van der Waals surface area contributed by atoms with Crippen molar-refractivity contribution >= 4 is 22.4 Å². The van der Waals surface area contributed by atoms with Gasteiger partial charge in [-0.25, -0.2) is 0 Å². The molecule has 0 fully saturated rings. The molecule has 90 valence electrons. The summed E-state index contributed by atoms with van der Waals surface area (Å²) in [6.07, 6.45) is 2.99. The molecule has 0 radical (unpaired) electrons. The van der Waals surface area contributed by atoms with E-state index in [9.17, 15) is 0 Å². The quantitative estimate of drug-likeness (QED) is 0.422. The van der Waals surface area contributed by atoms with Gasteiger partial charge < -0.3 is 11.5 Å². The molecular formula is C14H14N4. The summed E-state index contributed by atoms with van der Waals surface area (Å²) in [5, 5.41) is 6.37. The Kier molecular flexibility index (Phi) is 2.41. The van der Waals surface area contributed by atoms with E-state index in [1.54, 1.807) is 0 Å². The van der Waals surface area contributed by atoms with Gasteiger partial charge in [-0.2, -0.15) is 0 Å². The predicted molar refractivity (Wildman–Crippen MR) is 74.6 cm³/mol. The van der Waals surface area contributed by atoms with E-state index in [0.29, 0.717) is 0 Å². The van der Waals surface area contributed by atoms with Crippen LogP contribution in [0.15, 0.2) is 47.6 Å². The molecule has 2 aromatic rings. The molecule has 0 amide bonds. The van der Waals surface area contributed by atoms with E-state index >= 15 is 0 Å². The van der Waals surface area contributed by atoms with Crippen LogP contribution in [-0.2, 0) is 6.42 Å². The fourth-order valence-corrected chi connectivity index (χ4v) is 2.37. The number of nitrogens with one attached hydrogen (secondary N) is 1. The molecule has 0 heterocycles. The zero-order valence-electron chi connectivity index (χ0n) is 9.85. The Bertz CT molecular complexity index is 661. The number of allylic oxidation sites excluding steroid dienone is 1. The fourth-order valence-electron chi connectivity index (χ4n) is 2.37. The Morgan fingerprint density at radius 2 is 1.89 bits per heavy atom. The van der Waals surface area contributed by atoms with Gasteiger partial charge in [0.15, 0.2) is 0 Å². The molecule has 0 saturated heterocycles. The largest absolute Gasteiger partial charge is 0.369 e. The number of rotatable bonds is 2. The van der Waals surface area contributed by atoms with Crippen molar-refractivity contribution in [1.29, 1.82) is 0 Å². The maximum atomic E-state index is 5.34. The average Bonchev–Trinajstić information content (AvgIpc) is 2.38. The average molecular weight is 238 g/mol. The minimum atomic E-state index is 0.0296. The van der Waals surface area contributed by atoms with Gasteiger partial charge in [-0.3, -0.25) is 5.43 Å². The van der Waals surface area contributed by atoms with E-state index in [2.05, 4.69) is 46.9 Å². The van der Waals surface area contributed by atoms with Gasteiger partial charge >= 0.3 is 0 Å². The van der Waals surface area contributed by atoms with Gasteiger partial charge in [-0.1, -0.05) is 42.5 Å². The normalized spacial score (nSPS) is 13.0. The molecule has 4 nitrogen and oxygen atoms in total. The van der Waals surface area contributed by atoms with Crippen molar-refractivity contribution in [2.45, 2.75) is 6.42 Å². The third-order valence-electron chi connectivity index (χ3n) is 3.11. The maximum absolute atomic E-state index is 5.34. The lowest BCUT2D eigenvalue weighted by molar-refractivity contribution is 0.970. The van der Waals surface area contributed by atoms with Crippen LogP contribution in [-0.4, -0.2) is 5.96 Å². The highest BCUT2D eigenvalue weighted by molar-refractivity contribution is 5.97. The molecule has 2 aromatic carbocycles. The van der Waals surface area contributed by atoms with Crippen LogP contribution in [0.1, 0.15) is 11.1 Å². The van der Waals surface area contributed by atoms with Gasteiger partial charge in [0.25, 0.3) is 0 Å². The zero-order chi connectivity index (χ0) is 12.5. The van der Waals surface area contributed by atoms with E-state index in [-0.39, 0.29) is 5.96 Å². The Labute approximate surface area is 105 Å². The summed E-state index contributed by atoms with van der Waals surface area (Å²) in [5.41, 5.74) is 17.0. The van der Waals surface area contributed by atoms with Crippen LogP contribution in [0.4, 0.5) is 0 Å². The summed E-state index contributed by atoms with van der Waals surface area (Å²) < 4.78 is 0. The number of nitrogens with two attached hydrogens (primary N) is 2. The third-order valence-corrected chi connectivity index (χ3v) is 3.11. The highest BCUT2D eigenvalue weighted by atomic mass is 15.3. The Balaban J connectivity index is 2.14. The van der Waals surface area contributed by atoms with Crippen molar-refractivity contribution in [1.82, 2.24) is 5.43 Å². The zero-order valence-corrected chi connectivity index (χ0v) is 9.85. The van der Waals surface area contributed by atoms with E-state index in [1.165, 1.54) is 16.3 Å². The maximum Gasteiger partial charge on any atom is 0.208 e. The molecular weight excluding hydrogens is 224 g/mol. The van der Waals surface area contributed by atoms with E-state index in [1.807, 2.05) is 6.07 Å². The van der Waals surface area contributed by atoms with Crippen LogP contribution >= 0.6 is 0 Å². The number of benzene rings is 2. The van der Waals surface area contributed by atoms with E-state index in [4.69, 9.17) is 11.5 Å². The summed E-state index contributed by atoms with van der Waals surface area (Å²) in [7, 11) is 0. The summed E-state index contributed by atoms with van der Waals surface area (Å²) in [6, 6.07) is 12.6. The lowest BCUT2D eigenvalue weighted by atomic mass is 9.91. The monoisotopic (exact) mass is 238 g/mol. The number of nitrogens with zero attached hydrogens (tertiary/aromatic N) is 1. The minimum Gasteiger partial charge on any atom is -0.369 e. The fraction of sp³-hybridized carbons (Fsp3) is 0.0714. The first-order valence-corrected chi connectivity index (χ1v) is 5.81. The Hall–Kier alpha value is -2.49. The topological polar surface area (TPSA) is 76.4 Å². The second-order valence-electron chi connectivity index (χ2n) is 4.29. The molecule has 0 aliphatic heterocycles. The first-order chi connectivity index (χ1) is 8.75. The Morgan fingerprint density at radius 1 is 1.11 bits per heavy atom. The van der Waals surface area contributed by atoms with Gasteiger partial charge in [0.2, 0.25) is 5.96 Å². The third kappa shape index (κ3) is 1.68. The summed E-state index contributed by atoms with van der Waals surface area (Å²) >= 11 is 0. The van der Waals surface area contributed by atoms with Crippen LogP contribution < -0.4 is 16.9 Å².